The predicted molar refractivity (Wildman–Crippen MR) is 129 cm³/mol. The molecule has 3 aromatic carbocycles. The van der Waals surface area contributed by atoms with Gasteiger partial charge in [-0.1, -0.05) is 31.2 Å². The number of nitrogens with one attached hydrogen (secondary N) is 2. The molecule has 33 heavy (non-hydrogen) atoms. The molecule has 0 saturated carbocycles. The van der Waals surface area contributed by atoms with Gasteiger partial charge in [0.1, 0.15) is 11.6 Å². The van der Waals surface area contributed by atoms with Crippen LogP contribution in [-0.2, 0) is 11.2 Å². The molecule has 1 heterocycles. The van der Waals surface area contributed by atoms with Crippen LogP contribution in [0, 0.1) is 6.92 Å². The van der Waals surface area contributed by atoms with E-state index in [1.807, 2.05) is 61.5 Å². The fraction of sp³-hybridized carbons (Fsp3) is 0.231. The zero-order chi connectivity index (χ0) is 23.4. The first kappa shape index (κ1) is 22.2. The number of amides is 1. The first-order valence-electron chi connectivity index (χ1n) is 10.7. The van der Waals surface area contributed by atoms with Gasteiger partial charge in [-0.15, -0.1) is 0 Å². The second kappa shape index (κ2) is 9.65. The van der Waals surface area contributed by atoms with Gasteiger partial charge < -0.3 is 24.5 Å². The van der Waals surface area contributed by atoms with E-state index in [1.54, 1.807) is 14.2 Å². The molecule has 4 rings (SSSR count). The van der Waals surface area contributed by atoms with E-state index in [2.05, 4.69) is 22.2 Å². The minimum absolute atomic E-state index is 0.0701. The highest BCUT2D eigenvalue weighted by molar-refractivity contribution is 5.93. The van der Waals surface area contributed by atoms with Crippen molar-refractivity contribution in [3.05, 3.63) is 65.7 Å². The number of aromatic nitrogens is 2. The average molecular weight is 446 g/mol. The summed E-state index contributed by atoms with van der Waals surface area (Å²) in [6.07, 6.45) is 0.961. The SMILES string of the molecule is CCc1ccc(OCC(=O)Nc2cc(-c3nc4cc(OC)c(OC)cc4[nH]3)ccc2C)cc1. The summed E-state index contributed by atoms with van der Waals surface area (Å²) < 4.78 is 16.4. The van der Waals surface area contributed by atoms with Gasteiger partial charge in [-0.25, -0.2) is 4.98 Å². The molecular weight excluding hydrogens is 418 g/mol. The highest BCUT2D eigenvalue weighted by Crippen LogP contribution is 2.33. The summed E-state index contributed by atoms with van der Waals surface area (Å²) in [4.78, 5) is 20.5. The van der Waals surface area contributed by atoms with Crippen LogP contribution in [0.15, 0.2) is 54.6 Å². The molecule has 0 unspecified atom stereocenters. The number of anilines is 1. The van der Waals surface area contributed by atoms with Gasteiger partial charge in [0.2, 0.25) is 0 Å². The molecule has 1 aromatic heterocycles. The monoisotopic (exact) mass is 445 g/mol. The maximum Gasteiger partial charge on any atom is 0.262 e. The number of rotatable bonds is 8. The lowest BCUT2D eigenvalue weighted by Crippen LogP contribution is -2.20. The van der Waals surface area contributed by atoms with E-state index in [0.717, 1.165) is 28.6 Å². The van der Waals surface area contributed by atoms with Crippen LogP contribution in [-0.4, -0.2) is 36.7 Å². The lowest BCUT2D eigenvalue weighted by molar-refractivity contribution is -0.118. The summed E-state index contributed by atoms with van der Waals surface area (Å²) >= 11 is 0. The van der Waals surface area contributed by atoms with Gasteiger partial charge in [-0.3, -0.25) is 4.79 Å². The van der Waals surface area contributed by atoms with E-state index in [9.17, 15) is 4.79 Å². The smallest absolute Gasteiger partial charge is 0.262 e. The maximum absolute atomic E-state index is 12.5. The second-order valence-corrected chi connectivity index (χ2v) is 7.67. The molecule has 2 N–H and O–H groups in total. The standard InChI is InChI=1S/C26H27N3O4/c1-5-17-7-10-19(11-8-17)33-15-25(30)27-20-12-18(9-6-16(20)2)26-28-21-13-23(31-3)24(32-4)14-22(21)29-26/h6-14H,5,15H2,1-4H3,(H,27,30)(H,28,29). The molecule has 0 bridgehead atoms. The molecule has 0 atom stereocenters. The van der Waals surface area contributed by atoms with E-state index >= 15 is 0 Å². The van der Waals surface area contributed by atoms with Crippen LogP contribution in [0.25, 0.3) is 22.4 Å². The molecule has 0 aliphatic carbocycles. The topological polar surface area (TPSA) is 85.5 Å². The van der Waals surface area contributed by atoms with Crippen molar-refractivity contribution in [3.63, 3.8) is 0 Å². The molecule has 7 nitrogen and oxygen atoms in total. The van der Waals surface area contributed by atoms with E-state index in [4.69, 9.17) is 14.2 Å². The van der Waals surface area contributed by atoms with Crippen LogP contribution in [0.5, 0.6) is 17.2 Å². The van der Waals surface area contributed by atoms with Crippen molar-refractivity contribution in [3.8, 4) is 28.6 Å². The number of nitrogens with zero attached hydrogens (tertiary/aromatic N) is 1. The Morgan fingerprint density at radius 2 is 1.73 bits per heavy atom. The third kappa shape index (κ3) is 4.92. The number of fused-ring (bicyclic) bond motifs is 1. The Bertz CT molecular complexity index is 1240. The third-order valence-corrected chi connectivity index (χ3v) is 5.47. The van der Waals surface area contributed by atoms with Crippen molar-refractivity contribution in [2.24, 2.45) is 0 Å². The van der Waals surface area contributed by atoms with Crippen molar-refractivity contribution in [2.75, 3.05) is 26.1 Å². The number of aryl methyl sites for hydroxylation is 2. The first-order valence-corrected chi connectivity index (χ1v) is 10.7. The minimum Gasteiger partial charge on any atom is -0.493 e. The summed E-state index contributed by atoms with van der Waals surface area (Å²) in [5.74, 6) is 2.36. The van der Waals surface area contributed by atoms with Crippen LogP contribution >= 0.6 is 0 Å². The van der Waals surface area contributed by atoms with Gasteiger partial charge >= 0.3 is 0 Å². The molecule has 0 radical (unpaired) electrons. The van der Waals surface area contributed by atoms with Crippen LogP contribution in [0.2, 0.25) is 0 Å². The van der Waals surface area contributed by atoms with Gasteiger partial charge in [0.25, 0.3) is 5.91 Å². The number of carbonyl (C=O) groups is 1. The zero-order valence-electron chi connectivity index (χ0n) is 19.2. The van der Waals surface area contributed by atoms with Crippen molar-refractivity contribution >= 4 is 22.6 Å². The molecule has 7 heteroatoms. The Kier molecular flexibility index (Phi) is 6.49. The fourth-order valence-electron chi connectivity index (χ4n) is 3.53. The number of carbonyl (C=O) groups excluding carboxylic acids is 1. The van der Waals surface area contributed by atoms with Gasteiger partial charge in [0.15, 0.2) is 18.1 Å². The second-order valence-electron chi connectivity index (χ2n) is 7.67. The van der Waals surface area contributed by atoms with Gasteiger partial charge in [-0.05, 0) is 42.7 Å². The number of methoxy groups -OCH3 is 2. The van der Waals surface area contributed by atoms with Crippen molar-refractivity contribution in [2.45, 2.75) is 20.3 Å². The van der Waals surface area contributed by atoms with Crippen molar-refractivity contribution in [1.82, 2.24) is 9.97 Å². The molecule has 0 fully saturated rings. The van der Waals surface area contributed by atoms with E-state index in [0.29, 0.717) is 28.8 Å². The molecule has 0 spiro atoms. The average Bonchev–Trinajstić information content (AvgIpc) is 3.26. The molecule has 170 valence electrons. The number of H-pyrrole nitrogens is 1. The largest absolute Gasteiger partial charge is 0.493 e. The Morgan fingerprint density at radius 1 is 1.00 bits per heavy atom. The van der Waals surface area contributed by atoms with Crippen molar-refractivity contribution in [1.29, 1.82) is 0 Å². The normalized spacial score (nSPS) is 10.8. The van der Waals surface area contributed by atoms with Crippen LogP contribution in [0.1, 0.15) is 18.1 Å². The van der Waals surface area contributed by atoms with E-state index < -0.39 is 0 Å². The van der Waals surface area contributed by atoms with Crippen molar-refractivity contribution < 1.29 is 19.0 Å². The van der Waals surface area contributed by atoms with Crippen LogP contribution < -0.4 is 19.5 Å². The number of ether oxygens (including phenoxy) is 3. The number of imidazole rings is 1. The molecule has 4 aromatic rings. The molecular formula is C26H27N3O4. The predicted octanol–water partition coefficient (Wildman–Crippen LogP) is 5.14. The summed E-state index contributed by atoms with van der Waals surface area (Å²) in [5.41, 5.74) is 5.31. The van der Waals surface area contributed by atoms with E-state index in [1.165, 1.54) is 5.56 Å². The highest BCUT2D eigenvalue weighted by Gasteiger charge is 2.13. The Labute approximate surface area is 192 Å². The Morgan fingerprint density at radius 3 is 2.42 bits per heavy atom. The summed E-state index contributed by atoms with van der Waals surface area (Å²) in [6.45, 7) is 3.97. The number of hydrogen-bond donors (Lipinski definition) is 2. The molecule has 1 amide bonds. The molecule has 0 aliphatic rings. The first-order chi connectivity index (χ1) is 16.0. The quantitative estimate of drug-likeness (QED) is 0.392. The number of aromatic amines is 1. The lowest BCUT2D eigenvalue weighted by atomic mass is 10.1. The van der Waals surface area contributed by atoms with Gasteiger partial charge in [0, 0.05) is 23.4 Å². The summed E-state index contributed by atoms with van der Waals surface area (Å²) in [6, 6.07) is 17.2. The lowest BCUT2D eigenvalue weighted by Gasteiger charge is -2.11. The Hall–Kier alpha value is -4.00. The van der Waals surface area contributed by atoms with Gasteiger partial charge in [-0.2, -0.15) is 0 Å². The van der Waals surface area contributed by atoms with Crippen LogP contribution in [0.4, 0.5) is 5.69 Å². The zero-order valence-corrected chi connectivity index (χ0v) is 19.2. The molecule has 0 aliphatic heterocycles. The summed E-state index contributed by atoms with van der Waals surface area (Å²) in [5, 5.41) is 2.94. The highest BCUT2D eigenvalue weighted by atomic mass is 16.5. The minimum atomic E-state index is -0.228. The molecule has 0 saturated heterocycles. The fourth-order valence-corrected chi connectivity index (χ4v) is 3.53. The third-order valence-electron chi connectivity index (χ3n) is 5.47. The van der Waals surface area contributed by atoms with E-state index in [-0.39, 0.29) is 12.5 Å². The Balaban J connectivity index is 1.50. The maximum atomic E-state index is 12.5. The number of hydrogen-bond acceptors (Lipinski definition) is 5. The van der Waals surface area contributed by atoms with Gasteiger partial charge in [0.05, 0.1) is 25.3 Å². The van der Waals surface area contributed by atoms with Crippen LogP contribution in [0.3, 0.4) is 0 Å². The number of benzene rings is 3. The summed E-state index contributed by atoms with van der Waals surface area (Å²) in [7, 11) is 3.19.